The van der Waals surface area contributed by atoms with Crippen LogP contribution < -0.4 is 15.5 Å². The summed E-state index contributed by atoms with van der Waals surface area (Å²) in [5.41, 5.74) is 4.16. The molecule has 1 aromatic carbocycles. The van der Waals surface area contributed by atoms with Gasteiger partial charge in [0.2, 0.25) is 11.8 Å². The van der Waals surface area contributed by atoms with E-state index in [1.807, 2.05) is 36.0 Å². The molecule has 38 heavy (non-hydrogen) atoms. The van der Waals surface area contributed by atoms with E-state index in [0.717, 1.165) is 47.2 Å². The van der Waals surface area contributed by atoms with E-state index in [2.05, 4.69) is 25.5 Å². The number of carbonyl (C=O) groups is 2. The largest absolute Gasteiger partial charge is 0.444 e. The van der Waals surface area contributed by atoms with E-state index >= 15 is 0 Å². The predicted octanol–water partition coefficient (Wildman–Crippen LogP) is 3.01. The number of aryl methyl sites for hydroxylation is 2. The number of ether oxygens (including phenoxy) is 1. The highest BCUT2D eigenvalue weighted by atomic mass is 16.5. The first-order chi connectivity index (χ1) is 18.5. The molecule has 1 atom stereocenters. The summed E-state index contributed by atoms with van der Waals surface area (Å²) in [6.45, 7) is 5.92. The standard InChI is InChI=1S/C27H29N7O4/c1-17-12-19(3-5-28-17)27-31-23(16-38-27)26(36)30-22-13-20-15-34(7-4-18-2-6-29-25(18)35)32-21(20)14-24(22)33-8-10-37-11-9-33/h3,5,12-16,18H,2,4,6-11H2,1H3,(H,29,35)(H,30,36). The Hall–Kier alpha value is -4.25. The van der Waals surface area contributed by atoms with Crippen LogP contribution >= 0.6 is 0 Å². The number of hydrogen-bond donors (Lipinski definition) is 2. The van der Waals surface area contributed by atoms with E-state index in [-0.39, 0.29) is 23.4 Å². The first-order valence-electron chi connectivity index (χ1n) is 12.8. The summed E-state index contributed by atoms with van der Waals surface area (Å²) >= 11 is 0. The number of nitrogens with one attached hydrogen (secondary N) is 2. The van der Waals surface area contributed by atoms with Gasteiger partial charge in [-0.05, 0) is 44.0 Å². The minimum absolute atomic E-state index is 0.0319. The highest BCUT2D eigenvalue weighted by molar-refractivity contribution is 6.06. The van der Waals surface area contributed by atoms with Crippen LogP contribution in [0.4, 0.5) is 11.4 Å². The van der Waals surface area contributed by atoms with Gasteiger partial charge in [0.15, 0.2) is 5.69 Å². The Morgan fingerprint density at radius 1 is 1.24 bits per heavy atom. The van der Waals surface area contributed by atoms with Crippen LogP contribution in [0.3, 0.4) is 0 Å². The van der Waals surface area contributed by atoms with Crippen molar-refractivity contribution in [3.05, 3.63) is 54.3 Å². The molecular weight excluding hydrogens is 486 g/mol. The molecule has 2 aliphatic rings. The molecule has 0 bridgehead atoms. The molecule has 11 nitrogen and oxygen atoms in total. The van der Waals surface area contributed by atoms with Gasteiger partial charge < -0.3 is 24.7 Å². The maximum absolute atomic E-state index is 13.2. The van der Waals surface area contributed by atoms with Gasteiger partial charge >= 0.3 is 0 Å². The lowest BCUT2D eigenvalue weighted by Gasteiger charge is -2.30. The SMILES string of the molecule is Cc1cc(-c2nc(C(=O)Nc3cc4cn(CCC5CCNC5=O)nc4cc3N3CCOCC3)co2)ccn1. The molecule has 2 saturated heterocycles. The number of morpholine rings is 1. The van der Waals surface area contributed by atoms with E-state index in [1.54, 1.807) is 12.3 Å². The van der Waals surface area contributed by atoms with Gasteiger partial charge in [-0.25, -0.2) is 4.98 Å². The second-order valence-electron chi connectivity index (χ2n) is 9.66. The van der Waals surface area contributed by atoms with Gasteiger partial charge in [-0.3, -0.25) is 19.3 Å². The Labute approximate surface area is 219 Å². The zero-order valence-corrected chi connectivity index (χ0v) is 21.1. The fourth-order valence-electron chi connectivity index (χ4n) is 4.98. The van der Waals surface area contributed by atoms with Gasteiger partial charge in [-0.2, -0.15) is 5.10 Å². The molecule has 0 spiro atoms. The summed E-state index contributed by atoms with van der Waals surface area (Å²) in [6.07, 6.45) is 6.61. The van der Waals surface area contributed by atoms with Crippen molar-refractivity contribution in [2.24, 2.45) is 5.92 Å². The summed E-state index contributed by atoms with van der Waals surface area (Å²) in [5.74, 6) is 0.155. The van der Waals surface area contributed by atoms with Gasteiger partial charge in [-0.1, -0.05) is 0 Å². The molecule has 2 N–H and O–H groups in total. The molecule has 3 aromatic heterocycles. The van der Waals surface area contributed by atoms with E-state index < -0.39 is 0 Å². The molecular formula is C27H29N7O4. The quantitative estimate of drug-likeness (QED) is 0.385. The maximum Gasteiger partial charge on any atom is 0.277 e. The minimum atomic E-state index is -0.362. The zero-order valence-electron chi connectivity index (χ0n) is 21.1. The van der Waals surface area contributed by atoms with Gasteiger partial charge in [0, 0.05) is 61.1 Å². The number of fused-ring (bicyclic) bond motifs is 1. The van der Waals surface area contributed by atoms with Crippen LogP contribution in [0.25, 0.3) is 22.4 Å². The number of pyridine rings is 1. The van der Waals surface area contributed by atoms with Crippen LogP contribution in [0.5, 0.6) is 0 Å². The number of amides is 2. The Morgan fingerprint density at radius 3 is 2.89 bits per heavy atom. The van der Waals surface area contributed by atoms with Crippen LogP contribution in [0.2, 0.25) is 0 Å². The number of oxazole rings is 1. The Kier molecular flexibility index (Phi) is 6.50. The first-order valence-corrected chi connectivity index (χ1v) is 12.8. The summed E-state index contributed by atoms with van der Waals surface area (Å²) in [6, 6.07) is 7.59. The van der Waals surface area contributed by atoms with Crippen molar-refractivity contribution in [3.63, 3.8) is 0 Å². The lowest BCUT2D eigenvalue weighted by Crippen LogP contribution is -2.36. The van der Waals surface area contributed by atoms with E-state index in [4.69, 9.17) is 14.3 Å². The minimum Gasteiger partial charge on any atom is -0.444 e. The number of aromatic nitrogens is 4. The molecule has 5 heterocycles. The molecule has 2 aliphatic heterocycles. The molecule has 4 aromatic rings. The molecule has 2 fully saturated rings. The van der Waals surface area contributed by atoms with E-state index in [9.17, 15) is 9.59 Å². The summed E-state index contributed by atoms with van der Waals surface area (Å²) in [7, 11) is 0. The van der Waals surface area contributed by atoms with Gasteiger partial charge in [0.25, 0.3) is 5.91 Å². The van der Waals surface area contributed by atoms with Crippen molar-refractivity contribution in [3.8, 4) is 11.5 Å². The third-order valence-corrected chi connectivity index (χ3v) is 7.02. The van der Waals surface area contributed by atoms with Crippen LogP contribution in [-0.4, -0.2) is 64.4 Å². The number of rotatable bonds is 7. The van der Waals surface area contributed by atoms with Crippen LogP contribution in [0.15, 0.2) is 47.3 Å². The zero-order chi connectivity index (χ0) is 26.1. The number of carbonyl (C=O) groups excluding carboxylic acids is 2. The van der Waals surface area contributed by atoms with Crippen molar-refractivity contribution in [1.82, 2.24) is 25.1 Å². The van der Waals surface area contributed by atoms with Crippen LogP contribution in [0.1, 0.15) is 29.0 Å². The van der Waals surface area contributed by atoms with Crippen LogP contribution in [0, 0.1) is 12.8 Å². The molecule has 0 saturated carbocycles. The lowest BCUT2D eigenvalue weighted by atomic mass is 10.0. The van der Waals surface area contributed by atoms with Gasteiger partial charge in [-0.15, -0.1) is 0 Å². The summed E-state index contributed by atoms with van der Waals surface area (Å²) < 4.78 is 13.0. The van der Waals surface area contributed by atoms with Gasteiger partial charge in [0.05, 0.1) is 30.1 Å². The third kappa shape index (κ3) is 4.97. The van der Waals surface area contributed by atoms with E-state index in [0.29, 0.717) is 44.4 Å². The van der Waals surface area contributed by atoms with Crippen molar-refractivity contribution >= 4 is 34.1 Å². The van der Waals surface area contributed by atoms with Crippen molar-refractivity contribution < 1.29 is 18.7 Å². The maximum atomic E-state index is 13.2. The fourth-order valence-corrected chi connectivity index (χ4v) is 4.98. The topological polar surface area (TPSA) is 127 Å². The first kappa shape index (κ1) is 24.1. The highest BCUT2D eigenvalue weighted by Gasteiger charge is 2.24. The van der Waals surface area contributed by atoms with Gasteiger partial charge in [0.1, 0.15) is 6.26 Å². The summed E-state index contributed by atoms with van der Waals surface area (Å²) in [5, 5.41) is 11.6. The molecule has 6 rings (SSSR count). The van der Waals surface area contributed by atoms with Crippen LogP contribution in [-0.2, 0) is 16.1 Å². The molecule has 0 aliphatic carbocycles. The highest BCUT2D eigenvalue weighted by Crippen LogP contribution is 2.32. The Balaban J connectivity index is 1.26. The Morgan fingerprint density at radius 2 is 2.11 bits per heavy atom. The third-order valence-electron chi connectivity index (χ3n) is 7.02. The normalized spacial score (nSPS) is 17.7. The van der Waals surface area contributed by atoms with Crippen molar-refractivity contribution in [2.75, 3.05) is 43.1 Å². The van der Waals surface area contributed by atoms with Crippen molar-refractivity contribution in [2.45, 2.75) is 26.3 Å². The molecule has 0 radical (unpaired) electrons. The second kappa shape index (κ2) is 10.3. The average molecular weight is 516 g/mol. The van der Waals surface area contributed by atoms with E-state index in [1.165, 1.54) is 6.26 Å². The number of anilines is 2. The number of hydrogen-bond acceptors (Lipinski definition) is 8. The van der Waals surface area contributed by atoms with Crippen molar-refractivity contribution in [1.29, 1.82) is 0 Å². The fraction of sp³-hybridized carbons (Fsp3) is 0.370. The monoisotopic (exact) mass is 515 g/mol. The summed E-state index contributed by atoms with van der Waals surface area (Å²) in [4.78, 5) is 36.0. The number of nitrogens with zero attached hydrogens (tertiary/aromatic N) is 5. The Bertz CT molecular complexity index is 1490. The molecule has 2 amide bonds. The molecule has 196 valence electrons. The smallest absolute Gasteiger partial charge is 0.277 e. The second-order valence-corrected chi connectivity index (χ2v) is 9.66. The molecule has 1 unspecified atom stereocenters. The predicted molar refractivity (Wildman–Crippen MR) is 141 cm³/mol. The average Bonchev–Trinajstić information content (AvgIpc) is 3.67. The lowest BCUT2D eigenvalue weighted by molar-refractivity contribution is -0.122. The molecule has 11 heteroatoms. The number of benzene rings is 1.